The highest BCUT2D eigenvalue weighted by atomic mass is 32.1. The Bertz CT molecular complexity index is 460. The van der Waals surface area contributed by atoms with E-state index >= 15 is 0 Å². The van der Waals surface area contributed by atoms with Crippen molar-refractivity contribution in [1.82, 2.24) is 10.3 Å². The Labute approximate surface area is 105 Å². The third-order valence-corrected chi connectivity index (χ3v) is 2.86. The van der Waals surface area contributed by atoms with Gasteiger partial charge in [-0.3, -0.25) is 4.79 Å². The molecule has 0 saturated carbocycles. The third kappa shape index (κ3) is 3.88. The summed E-state index contributed by atoms with van der Waals surface area (Å²) in [6, 6.07) is 0. The highest BCUT2D eigenvalue weighted by Gasteiger charge is 2.10. The minimum Gasteiger partial charge on any atom is -0.365 e. The Morgan fingerprint density at radius 2 is 2.35 bits per heavy atom. The van der Waals surface area contributed by atoms with Crippen LogP contribution in [-0.2, 0) is 0 Å². The van der Waals surface area contributed by atoms with Gasteiger partial charge < -0.3 is 10.6 Å². The number of carbonyl (C=O) groups is 1. The molecule has 2 N–H and O–H groups in total. The standard InChI is InChI=1S/C12H15N3OS/c1-4-6-9(7-5-2)15-11(16)10-8-14-12(13-3)17-10/h4-8H,1H2,2-3H3,(H,13,14)(H,15,16)/b7-5-,9-6+. The average Bonchev–Trinajstić information content (AvgIpc) is 2.78. The number of nitrogens with zero attached hydrogens (tertiary/aromatic N) is 1. The van der Waals surface area contributed by atoms with Gasteiger partial charge in [0.25, 0.3) is 5.91 Å². The largest absolute Gasteiger partial charge is 0.365 e. The average molecular weight is 249 g/mol. The van der Waals surface area contributed by atoms with Crippen molar-refractivity contribution in [1.29, 1.82) is 0 Å². The maximum absolute atomic E-state index is 11.9. The van der Waals surface area contributed by atoms with E-state index in [9.17, 15) is 4.79 Å². The normalized spacial score (nSPS) is 11.5. The lowest BCUT2D eigenvalue weighted by Gasteiger charge is -2.02. The van der Waals surface area contributed by atoms with E-state index in [1.807, 2.05) is 13.0 Å². The fourth-order valence-corrected chi connectivity index (χ4v) is 1.80. The van der Waals surface area contributed by atoms with Crippen molar-refractivity contribution in [2.75, 3.05) is 12.4 Å². The predicted molar refractivity (Wildman–Crippen MR) is 72.2 cm³/mol. The molecule has 0 unspecified atom stereocenters. The van der Waals surface area contributed by atoms with E-state index in [1.54, 1.807) is 31.5 Å². The number of rotatable bonds is 5. The van der Waals surface area contributed by atoms with Crippen molar-refractivity contribution in [3.05, 3.63) is 47.7 Å². The van der Waals surface area contributed by atoms with Gasteiger partial charge in [0.05, 0.1) is 6.20 Å². The molecule has 0 aliphatic carbocycles. The first-order valence-electron chi connectivity index (χ1n) is 5.11. The number of hydrogen-bond acceptors (Lipinski definition) is 4. The molecule has 1 aromatic heterocycles. The minimum absolute atomic E-state index is 0.171. The maximum atomic E-state index is 11.9. The van der Waals surface area contributed by atoms with Gasteiger partial charge in [-0.25, -0.2) is 4.98 Å². The van der Waals surface area contributed by atoms with Crippen molar-refractivity contribution < 1.29 is 4.79 Å². The lowest BCUT2D eigenvalue weighted by Crippen LogP contribution is -2.20. The smallest absolute Gasteiger partial charge is 0.267 e. The van der Waals surface area contributed by atoms with Crippen molar-refractivity contribution in [2.24, 2.45) is 0 Å². The maximum Gasteiger partial charge on any atom is 0.267 e. The van der Waals surface area contributed by atoms with Crippen LogP contribution in [0.25, 0.3) is 0 Å². The fraction of sp³-hybridized carbons (Fsp3) is 0.167. The highest BCUT2D eigenvalue weighted by molar-refractivity contribution is 7.17. The zero-order valence-electron chi connectivity index (χ0n) is 9.86. The van der Waals surface area contributed by atoms with Crippen LogP contribution >= 0.6 is 11.3 Å². The van der Waals surface area contributed by atoms with Gasteiger partial charge in [0.15, 0.2) is 5.13 Å². The molecule has 0 spiro atoms. The minimum atomic E-state index is -0.171. The van der Waals surface area contributed by atoms with Crippen LogP contribution in [0.3, 0.4) is 0 Å². The van der Waals surface area contributed by atoms with E-state index in [1.165, 1.54) is 11.3 Å². The zero-order valence-corrected chi connectivity index (χ0v) is 10.7. The van der Waals surface area contributed by atoms with Crippen molar-refractivity contribution in [3.63, 3.8) is 0 Å². The van der Waals surface area contributed by atoms with E-state index in [0.717, 1.165) is 5.13 Å². The van der Waals surface area contributed by atoms with Crippen LogP contribution in [0.2, 0.25) is 0 Å². The molecule has 4 nitrogen and oxygen atoms in total. The molecular formula is C12H15N3OS. The molecule has 0 saturated heterocycles. The second-order valence-corrected chi connectivity index (χ2v) is 4.12. The monoisotopic (exact) mass is 249 g/mol. The van der Waals surface area contributed by atoms with Crippen molar-refractivity contribution >= 4 is 22.4 Å². The molecule has 1 amide bonds. The van der Waals surface area contributed by atoms with E-state index < -0.39 is 0 Å². The van der Waals surface area contributed by atoms with Gasteiger partial charge in [0, 0.05) is 12.7 Å². The predicted octanol–water partition coefficient (Wildman–Crippen LogP) is 2.56. The van der Waals surface area contributed by atoms with Crippen LogP contribution in [0.1, 0.15) is 16.6 Å². The number of aromatic nitrogens is 1. The van der Waals surface area contributed by atoms with Crippen LogP contribution in [0.15, 0.2) is 42.8 Å². The molecule has 17 heavy (non-hydrogen) atoms. The fourth-order valence-electron chi connectivity index (χ4n) is 1.13. The highest BCUT2D eigenvalue weighted by Crippen LogP contribution is 2.17. The molecular weight excluding hydrogens is 234 g/mol. The Balaban J connectivity index is 2.76. The van der Waals surface area contributed by atoms with E-state index in [4.69, 9.17) is 0 Å². The SMILES string of the molecule is C=C/C=C(\C=C/C)NC(=O)c1cnc(NC)s1. The number of thiazole rings is 1. The molecule has 5 heteroatoms. The molecule has 0 fully saturated rings. The first-order valence-corrected chi connectivity index (χ1v) is 5.93. The van der Waals surface area contributed by atoms with Gasteiger partial charge >= 0.3 is 0 Å². The summed E-state index contributed by atoms with van der Waals surface area (Å²) >= 11 is 1.31. The lowest BCUT2D eigenvalue weighted by atomic mass is 10.3. The van der Waals surface area contributed by atoms with Crippen molar-refractivity contribution in [3.8, 4) is 0 Å². The molecule has 0 atom stereocenters. The molecule has 1 rings (SSSR count). The van der Waals surface area contributed by atoms with Gasteiger partial charge in [-0.05, 0) is 19.1 Å². The Morgan fingerprint density at radius 1 is 1.59 bits per heavy atom. The van der Waals surface area contributed by atoms with Gasteiger partial charge in [-0.2, -0.15) is 0 Å². The first-order chi connectivity index (χ1) is 8.21. The van der Waals surface area contributed by atoms with Crippen molar-refractivity contribution in [2.45, 2.75) is 6.92 Å². The van der Waals surface area contributed by atoms with Gasteiger partial charge in [-0.1, -0.05) is 30.1 Å². The van der Waals surface area contributed by atoms with Crippen LogP contribution in [0.5, 0.6) is 0 Å². The van der Waals surface area contributed by atoms with Gasteiger partial charge in [0.2, 0.25) is 0 Å². The molecule has 0 radical (unpaired) electrons. The summed E-state index contributed by atoms with van der Waals surface area (Å²) in [6.07, 6.45) is 8.56. The second-order valence-electron chi connectivity index (χ2n) is 3.09. The van der Waals surface area contributed by atoms with E-state index in [0.29, 0.717) is 10.6 Å². The van der Waals surface area contributed by atoms with Crippen LogP contribution in [-0.4, -0.2) is 17.9 Å². The van der Waals surface area contributed by atoms with Gasteiger partial charge in [0.1, 0.15) is 4.88 Å². The number of hydrogen-bond donors (Lipinski definition) is 2. The molecule has 1 heterocycles. The lowest BCUT2D eigenvalue weighted by molar-refractivity contribution is 0.0971. The number of allylic oxidation sites excluding steroid dienone is 4. The first kappa shape index (κ1) is 13.2. The van der Waals surface area contributed by atoms with E-state index in [-0.39, 0.29) is 5.91 Å². The third-order valence-electron chi connectivity index (χ3n) is 1.84. The second kappa shape index (κ2) is 6.65. The summed E-state index contributed by atoms with van der Waals surface area (Å²) in [5.74, 6) is -0.171. The van der Waals surface area contributed by atoms with E-state index in [2.05, 4.69) is 22.2 Å². The number of nitrogens with one attached hydrogen (secondary N) is 2. The van der Waals surface area contributed by atoms with Gasteiger partial charge in [-0.15, -0.1) is 0 Å². The molecule has 0 aliphatic rings. The molecule has 0 aromatic carbocycles. The summed E-state index contributed by atoms with van der Waals surface area (Å²) in [4.78, 5) is 16.5. The summed E-state index contributed by atoms with van der Waals surface area (Å²) in [7, 11) is 1.77. The van der Waals surface area contributed by atoms with Crippen LogP contribution in [0, 0.1) is 0 Å². The Hall–Kier alpha value is -1.88. The summed E-state index contributed by atoms with van der Waals surface area (Å²) in [5.41, 5.74) is 0.701. The summed E-state index contributed by atoms with van der Waals surface area (Å²) in [6.45, 7) is 5.48. The summed E-state index contributed by atoms with van der Waals surface area (Å²) < 4.78 is 0. The van der Waals surface area contributed by atoms with Crippen LogP contribution in [0.4, 0.5) is 5.13 Å². The number of anilines is 1. The van der Waals surface area contributed by atoms with Crippen LogP contribution < -0.4 is 10.6 Å². The topological polar surface area (TPSA) is 54.0 Å². The molecule has 0 aliphatic heterocycles. The quantitative estimate of drug-likeness (QED) is 0.789. The number of carbonyl (C=O) groups excluding carboxylic acids is 1. The molecule has 90 valence electrons. The molecule has 0 bridgehead atoms. The Kier molecular flexibility index (Phi) is 5.16. The summed E-state index contributed by atoms with van der Waals surface area (Å²) in [5, 5.41) is 6.39. The Morgan fingerprint density at radius 3 is 2.88 bits per heavy atom. The zero-order chi connectivity index (χ0) is 12.7. The number of amides is 1. The molecule has 1 aromatic rings.